The van der Waals surface area contributed by atoms with Crippen LogP contribution in [-0.4, -0.2) is 37.9 Å². The van der Waals surface area contributed by atoms with E-state index in [2.05, 4.69) is 26.1 Å². The summed E-state index contributed by atoms with van der Waals surface area (Å²) in [5.74, 6) is 0.187. The first-order chi connectivity index (χ1) is 9.10. The molecule has 2 unspecified atom stereocenters. The Hall–Kier alpha value is -0.610. The minimum Gasteiger partial charge on any atom is -0.468 e. The molecule has 0 aliphatic heterocycles. The highest BCUT2D eigenvalue weighted by Gasteiger charge is 2.52. The predicted octanol–water partition coefficient (Wildman–Crippen LogP) is 2.51. The first-order valence-electron chi connectivity index (χ1n) is 7.55. The van der Waals surface area contributed by atoms with Gasteiger partial charge in [0.15, 0.2) is 0 Å². The van der Waals surface area contributed by atoms with Crippen molar-refractivity contribution in [3.63, 3.8) is 0 Å². The number of nitrogens with one attached hydrogen (secondary N) is 1. The van der Waals surface area contributed by atoms with E-state index in [0.717, 1.165) is 38.6 Å². The molecule has 0 spiro atoms. The van der Waals surface area contributed by atoms with Crippen LogP contribution in [-0.2, 0) is 14.3 Å². The highest BCUT2D eigenvalue weighted by Crippen LogP contribution is 2.41. The first-order valence-corrected chi connectivity index (χ1v) is 7.55. The molecular weight excluding hydrogens is 242 g/mol. The Morgan fingerprint density at radius 1 is 1.37 bits per heavy atom. The third-order valence-corrected chi connectivity index (χ3v) is 3.81. The number of ether oxygens (including phenoxy) is 2. The maximum absolute atomic E-state index is 12.2. The van der Waals surface area contributed by atoms with Crippen molar-refractivity contribution in [1.29, 1.82) is 0 Å². The van der Waals surface area contributed by atoms with Gasteiger partial charge in [-0.15, -0.1) is 0 Å². The molecule has 0 heterocycles. The molecule has 0 saturated heterocycles. The molecule has 0 aromatic rings. The van der Waals surface area contributed by atoms with Crippen molar-refractivity contribution in [2.45, 2.75) is 64.5 Å². The van der Waals surface area contributed by atoms with Crippen molar-refractivity contribution >= 4 is 5.97 Å². The number of carbonyl (C=O) groups is 1. The van der Waals surface area contributed by atoms with Gasteiger partial charge in [0.2, 0.25) is 0 Å². The van der Waals surface area contributed by atoms with Gasteiger partial charge in [-0.05, 0) is 45.1 Å². The minimum atomic E-state index is -0.632. The molecule has 0 aromatic carbocycles. The number of esters is 1. The summed E-state index contributed by atoms with van der Waals surface area (Å²) >= 11 is 0. The minimum absolute atomic E-state index is 0.174. The van der Waals surface area contributed by atoms with Crippen molar-refractivity contribution in [3.05, 3.63) is 0 Å². The molecule has 2 atom stereocenters. The summed E-state index contributed by atoms with van der Waals surface area (Å²) in [4.78, 5) is 12.2. The van der Waals surface area contributed by atoms with Crippen LogP contribution in [0.5, 0.6) is 0 Å². The number of rotatable bonds is 10. The van der Waals surface area contributed by atoms with Crippen LogP contribution in [0.25, 0.3) is 0 Å². The Labute approximate surface area is 117 Å². The molecule has 0 aromatic heterocycles. The summed E-state index contributed by atoms with van der Waals surface area (Å²) in [6.45, 7) is 7.55. The molecule has 0 bridgehead atoms. The van der Waals surface area contributed by atoms with Gasteiger partial charge in [0.1, 0.15) is 5.54 Å². The molecule has 1 N–H and O–H groups in total. The van der Waals surface area contributed by atoms with Crippen LogP contribution >= 0.6 is 0 Å². The monoisotopic (exact) mass is 271 g/mol. The van der Waals surface area contributed by atoms with E-state index in [1.807, 2.05) is 0 Å². The molecule has 1 fully saturated rings. The second-order valence-electron chi connectivity index (χ2n) is 5.57. The molecule has 4 heteroatoms. The normalized spacial score (nSPS) is 19.8. The molecule has 19 heavy (non-hydrogen) atoms. The first kappa shape index (κ1) is 16.4. The summed E-state index contributed by atoms with van der Waals surface area (Å²) in [5, 5.41) is 3.39. The van der Waals surface area contributed by atoms with Gasteiger partial charge < -0.3 is 9.47 Å². The standard InChI is InChI=1S/C15H29NO3/c1-5-7-12(3)19-11-15(13-8-9-13,14(17)18-4)16-10-6-2/h12-13,16H,5-11H2,1-4H3. The van der Waals surface area contributed by atoms with Gasteiger partial charge in [-0.3, -0.25) is 5.32 Å². The largest absolute Gasteiger partial charge is 0.468 e. The lowest BCUT2D eigenvalue weighted by molar-refractivity contribution is -0.154. The molecule has 0 amide bonds. The quantitative estimate of drug-likeness (QED) is 0.620. The van der Waals surface area contributed by atoms with E-state index in [0.29, 0.717) is 12.5 Å². The lowest BCUT2D eigenvalue weighted by Crippen LogP contribution is -2.58. The maximum Gasteiger partial charge on any atom is 0.328 e. The molecule has 1 rings (SSSR count). The van der Waals surface area contributed by atoms with Crippen LogP contribution in [0.15, 0.2) is 0 Å². The third kappa shape index (κ3) is 4.46. The average Bonchev–Trinajstić information content (AvgIpc) is 3.23. The van der Waals surface area contributed by atoms with Gasteiger partial charge in [-0.1, -0.05) is 20.3 Å². The van der Waals surface area contributed by atoms with E-state index in [-0.39, 0.29) is 12.1 Å². The topological polar surface area (TPSA) is 47.6 Å². The lowest BCUT2D eigenvalue weighted by Gasteiger charge is -2.33. The second kappa shape index (κ2) is 7.85. The fourth-order valence-corrected chi connectivity index (χ4v) is 2.48. The fraction of sp³-hybridized carbons (Fsp3) is 0.933. The average molecular weight is 271 g/mol. The van der Waals surface area contributed by atoms with Crippen LogP contribution in [0.1, 0.15) is 52.9 Å². The molecule has 0 radical (unpaired) electrons. The summed E-state index contributed by atoms with van der Waals surface area (Å²) < 4.78 is 10.9. The molecular formula is C15H29NO3. The van der Waals surface area contributed by atoms with Crippen LogP contribution in [0.4, 0.5) is 0 Å². The van der Waals surface area contributed by atoms with Gasteiger partial charge in [0, 0.05) is 0 Å². The summed E-state index contributed by atoms with van der Waals surface area (Å²) in [5.41, 5.74) is -0.632. The number of carbonyl (C=O) groups excluding carboxylic acids is 1. The van der Waals surface area contributed by atoms with E-state index >= 15 is 0 Å². The number of hydrogen-bond acceptors (Lipinski definition) is 4. The van der Waals surface area contributed by atoms with Gasteiger partial charge in [-0.25, -0.2) is 4.79 Å². The van der Waals surface area contributed by atoms with Crippen LogP contribution in [0.2, 0.25) is 0 Å². The van der Waals surface area contributed by atoms with Crippen molar-refractivity contribution in [2.75, 3.05) is 20.3 Å². The summed E-state index contributed by atoms with van der Waals surface area (Å²) in [6, 6.07) is 0. The third-order valence-electron chi connectivity index (χ3n) is 3.81. The highest BCUT2D eigenvalue weighted by atomic mass is 16.5. The number of hydrogen-bond donors (Lipinski definition) is 1. The zero-order valence-corrected chi connectivity index (χ0v) is 12.8. The number of methoxy groups -OCH3 is 1. The van der Waals surface area contributed by atoms with Crippen LogP contribution in [0, 0.1) is 5.92 Å². The zero-order valence-electron chi connectivity index (χ0n) is 12.8. The second-order valence-corrected chi connectivity index (χ2v) is 5.57. The lowest BCUT2D eigenvalue weighted by atomic mass is 9.93. The Balaban J connectivity index is 2.68. The Morgan fingerprint density at radius 3 is 2.53 bits per heavy atom. The van der Waals surface area contributed by atoms with E-state index in [1.54, 1.807) is 0 Å². The van der Waals surface area contributed by atoms with E-state index in [9.17, 15) is 4.79 Å². The van der Waals surface area contributed by atoms with Crippen LogP contribution < -0.4 is 5.32 Å². The Bertz CT molecular complexity index is 279. The predicted molar refractivity (Wildman–Crippen MR) is 76.1 cm³/mol. The zero-order chi connectivity index (χ0) is 14.3. The highest BCUT2D eigenvalue weighted by molar-refractivity contribution is 5.82. The summed E-state index contributed by atoms with van der Waals surface area (Å²) in [7, 11) is 1.46. The van der Waals surface area contributed by atoms with Crippen molar-refractivity contribution < 1.29 is 14.3 Å². The SMILES string of the molecule is CCCNC(COC(C)CCC)(C(=O)OC)C1CC1. The van der Waals surface area contributed by atoms with Crippen molar-refractivity contribution in [2.24, 2.45) is 5.92 Å². The van der Waals surface area contributed by atoms with Gasteiger partial charge in [-0.2, -0.15) is 0 Å². The van der Waals surface area contributed by atoms with Crippen molar-refractivity contribution in [1.82, 2.24) is 5.32 Å². The van der Waals surface area contributed by atoms with Crippen molar-refractivity contribution in [3.8, 4) is 0 Å². The molecule has 1 aliphatic rings. The van der Waals surface area contributed by atoms with Gasteiger partial charge in [0.05, 0.1) is 19.8 Å². The fourth-order valence-electron chi connectivity index (χ4n) is 2.48. The van der Waals surface area contributed by atoms with E-state index in [4.69, 9.17) is 9.47 Å². The van der Waals surface area contributed by atoms with Gasteiger partial charge in [0.25, 0.3) is 0 Å². The van der Waals surface area contributed by atoms with E-state index in [1.165, 1.54) is 7.11 Å². The van der Waals surface area contributed by atoms with E-state index < -0.39 is 5.54 Å². The molecule has 1 saturated carbocycles. The molecule has 1 aliphatic carbocycles. The smallest absolute Gasteiger partial charge is 0.328 e. The maximum atomic E-state index is 12.2. The molecule has 4 nitrogen and oxygen atoms in total. The Kier molecular flexibility index (Phi) is 6.80. The van der Waals surface area contributed by atoms with Gasteiger partial charge >= 0.3 is 5.97 Å². The Morgan fingerprint density at radius 2 is 2.05 bits per heavy atom. The van der Waals surface area contributed by atoms with Crippen LogP contribution in [0.3, 0.4) is 0 Å². The summed E-state index contributed by atoms with van der Waals surface area (Å²) in [6.07, 6.45) is 5.47. The molecule has 112 valence electrons.